The highest BCUT2D eigenvalue weighted by atomic mass is 19.1. The van der Waals surface area contributed by atoms with Crippen LogP contribution in [0.2, 0.25) is 0 Å². The first kappa shape index (κ1) is 26.8. The van der Waals surface area contributed by atoms with Crippen LogP contribution in [0.5, 0.6) is 5.88 Å². The van der Waals surface area contributed by atoms with Crippen molar-refractivity contribution >= 4 is 22.3 Å². The smallest absolute Gasteiger partial charge is 0.238 e. The lowest BCUT2D eigenvalue weighted by molar-refractivity contribution is 0.356. The summed E-state index contributed by atoms with van der Waals surface area (Å²) in [6.07, 6.45) is 3.46. The number of nitrogens with one attached hydrogen (secondary N) is 2. The number of benzene rings is 1. The molecule has 3 heterocycles. The van der Waals surface area contributed by atoms with E-state index in [1.807, 2.05) is 6.07 Å². The molecule has 1 aliphatic carbocycles. The van der Waals surface area contributed by atoms with E-state index in [0.29, 0.717) is 62.8 Å². The molecule has 4 aromatic rings. The number of methoxy groups -OCH3 is 1. The average molecular weight is 540 g/mol. The largest absolute Gasteiger partial charge is 0.480 e. The van der Waals surface area contributed by atoms with Gasteiger partial charge in [-0.2, -0.15) is 14.9 Å². The fourth-order valence-electron chi connectivity index (χ4n) is 4.64. The van der Waals surface area contributed by atoms with Crippen molar-refractivity contribution in [2.45, 2.75) is 52.6 Å². The maximum absolute atomic E-state index is 14.0. The summed E-state index contributed by atoms with van der Waals surface area (Å²) in [6.45, 7) is 8.60. The maximum Gasteiger partial charge on any atom is 0.238 e. The number of halogens is 1. The Morgan fingerprint density at radius 3 is 2.55 bits per heavy atom. The summed E-state index contributed by atoms with van der Waals surface area (Å²) in [6, 6.07) is 10.6. The van der Waals surface area contributed by atoms with Crippen LogP contribution in [0.3, 0.4) is 0 Å². The van der Waals surface area contributed by atoms with E-state index in [2.05, 4.69) is 63.8 Å². The minimum Gasteiger partial charge on any atom is -0.480 e. The quantitative estimate of drug-likeness (QED) is 0.281. The van der Waals surface area contributed by atoms with Gasteiger partial charge in [0.05, 0.1) is 35.5 Å². The number of nitriles is 2. The third-order valence-corrected chi connectivity index (χ3v) is 6.76. The van der Waals surface area contributed by atoms with Gasteiger partial charge < -0.3 is 15.4 Å². The van der Waals surface area contributed by atoms with Crippen molar-refractivity contribution in [2.24, 2.45) is 5.41 Å². The fourth-order valence-corrected chi connectivity index (χ4v) is 4.64. The van der Waals surface area contributed by atoms with Gasteiger partial charge in [0.15, 0.2) is 5.69 Å². The van der Waals surface area contributed by atoms with Gasteiger partial charge in [-0.3, -0.25) is 4.98 Å². The lowest BCUT2D eigenvalue weighted by atomic mass is 9.96. The third-order valence-electron chi connectivity index (χ3n) is 6.76. The first-order chi connectivity index (χ1) is 19.1. The van der Waals surface area contributed by atoms with Crippen LogP contribution >= 0.6 is 0 Å². The first-order valence-corrected chi connectivity index (χ1v) is 13.0. The van der Waals surface area contributed by atoms with Gasteiger partial charge in [0.2, 0.25) is 11.8 Å². The van der Waals surface area contributed by atoms with E-state index in [-0.39, 0.29) is 11.5 Å². The molecule has 1 fully saturated rings. The third kappa shape index (κ3) is 5.23. The van der Waals surface area contributed by atoms with Crippen molar-refractivity contribution in [3.63, 3.8) is 0 Å². The van der Waals surface area contributed by atoms with Gasteiger partial charge in [0.1, 0.15) is 18.2 Å². The van der Waals surface area contributed by atoms with E-state index in [9.17, 15) is 14.9 Å². The van der Waals surface area contributed by atoms with Gasteiger partial charge in [0.25, 0.3) is 0 Å². The molecule has 3 aromatic heterocycles. The molecule has 0 amide bonds. The Kier molecular flexibility index (Phi) is 6.99. The molecule has 11 heteroatoms. The van der Waals surface area contributed by atoms with Crippen molar-refractivity contribution in [3.05, 3.63) is 64.5 Å². The SMILES string of the molecule is COc1c([C@@H](Nc2cc(C#N)c3ncc(C#N)c(NCC(C)(C)C)c3c2)c2ccc(F)nc2C)nnn1C1CC1. The number of fused-ring (bicyclic) bond motifs is 1. The lowest BCUT2D eigenvalue weighted by Gasteiger charge is -2.23. The first-order valence-electron chi connectivity index (χ1n) is 13.0. The number of ether oxygens (including phenoxy) is 1. The molecule has 204 valence electrons. The highest BCUT2D eigenvalue weighted by Crippen LogP contribution is 2.41. The molecular formula is C29H30FN9O. The summed E-state index contributed by atoms with van der Waals surface area (Å²) < 4.78 is 21.5. The van der Waals surface area contributed by atoms with Gasteiger partial charge in [-0.1, -0.05) is 32.1 Å². The van der Waals surface area contributed by atoms with E-state index in [1.54, 1.807) is 30.8 Å². The number of anilines is 2. The van der Waals surface area contributed by atoms with Gasteiger partial charge in [-0.05, 0) is 43.4 Å². The van der Waals surface area contributed by atoms with Crippen LogP contribution in [0.25, 0.3) is 10.9 Å². The second kappa shape index (κ2) is 10.4. The van der Waals surface area contributed by atoms with Crippen LogP contribution in [-0.4, -0.2) is 38.6 Å². The zero-order valence-corrected chi connectivity index (χ0v) is 23.1. The minimum atomic E-state index is -0.627. The molecule has 0 spiro atoms. The molecule has 0 unspecified atom stereocenters. The summed E-state index contributed by atoms with van der Waals surface area (Å²) in [7, 11) is 1.57. The number of rotatable bonds is 8. The number of hydrogen-bond donors (Lipinski definition) is 2. The summed E-state index contributed by atoms with van der Waals surface area (Å²) in [4.78, 5) is 8.46. The van der Waals surface area contributed by atoms with Crippen molar-refractivity contribution in [3.8, 4) is 18.0 Å². The highest BCUT2D eigenvalue weighted by molar-refractivity contribution is 5.99. The monoisotopic (exact) mass is 539 g/mol. The van der Waals surface area contributed by atoms with Crippen molar-refractivity contribution in [2.75, 3.05) is 24.3 Å². The summed E-state index contributed by atoms with van der Waals surface area (Å²) in [5.74, 6) is -0.0817. The summed E-state index contributed by atoms with van der Waals surface area (Å²) >= 11 is 0. The highest BCUT2D eigenvalue weighted by Gasteiger charge is 2.33. The molecule has 1 saturated carbocycles. The Hall–Kier alpha value is -4.77. The molecule has 1 aliphatic rings. The number of pyridine rings is 2. The van der Waals surface area contributed by atoms with E-state index in [0.717, 1.165) is 12.8 Å². The molecule has 5 rings (SSSR count). The second-order valence-electron chi connectivity index (χ2n) is 11.2. The number of aromatic nitrogens is 5. The Bertz CT molecular complexity index is 1670. The molecule has 1 atom stereocenters. The Labute approximate surface area is 231 Å². The topological polar surface area (TPSA) is 137 Å². The molecule has 1 aromatic carbocycles. The molecule has 0 bridgehead atoms. The van der Waals surface area contributed by atoms with Crippen LogP contribution in [0.15, 0.2) is 30.5 Å². The number of aryl methyl sites for hydroxylation is 1. The molecule has 0 aliphatic heterocycles. The van der Waals surface area contributed by atoms with E-state index in [1.165, 1.54) is 12.3 Å². The van der Waals surface area contributed by atoms with Gasteiger partial charge in [-0.15, -0.1) is 5.10 Å². The second-order valence-corrected chi connectivity index (χ2v) is 11.2. The van der Waals surface area contributed by atoms with Crippen LogP contribution in [0.4, 0.5) is 15.8 Å². The molecule has 0 radical (unpaired) electrons. The van der Waals surface area contributed by atoms with Crippen LogP contribution < -0.4 is 15.4 Å². The van der Waals surface area contributed by atoms with Crippen molar-refractivity contribution < 1.29 is 9.13 Å². The van der Waals surface area contributed by atoms with Gasteiger partial charge in [-0.25, -0.2) is 9.67 Å². The van der Waals surface area contributed by atoms with Crippen molar-refractivity contribution in [1.29, 1.82) is 10.5 Å². The minimum absolute atomic E-state index is 0.0572. The van der Waals surface area contributed by atoms with E-state index >= 15 is 0 Å². The molecule has 10 nitrogen and oxygen atoms in total. The lowest BCUT2D eigenvalue weighted by Crippen LogP contribution is -2.20. The predicted octanol–water partition coefficient (Wildman–Crippen LogP) is 5.42. The zero-order valence-electron chi connectivity index (χ0n) is 23.1. The molecule has 0 saturated heterocycles. The average Bonchev–Trinajstić information content (AvgIpc) is 3.68. The summed E-state index contributed by atoms with van der Waals surface area (Å²) in [5, 5.41) is 36.2. The fraction of sp³-hybridized carbons (Fsp3) is 0.379. The Morgan fingerprint density at radius 1 is 1.18 bits per heavy atom. The van der Waals surface area contributed by atoms with Gasteiger partial charge in [0, 0.05) is 35.1 Å². The van der Waals surface area contributed by atoms with Crippen LogP contribution in [0.1, 0.15) is 73.8 Å². The molecular weight excluding hydrogens is 509 g/mol. The maximum atomic E-state index is 14.0. The zero-order chi connectivity index (χ0) is 28.6. The van der Waals surface area contributed by atoms with Crippen LogP contribution in [-0.2, 0) is 0 Å². The van der Waals surface area contributed by atoms with E-state index in [4.69, 9.17) is 4.74 Å². The molecule has 2 N–H and O–H groups in total. The summed E-state index contributed by atoms with van der Waals surface area (Å²) in [5.41, 5.74) is 3.99. The van der Waals surface area contributed by atoms with Gasteiger partial charge >= 0.3 is 0 Å². The number of nitrogens with zero attached hydrogens (tertiary/aromatic N) is 7. The number of hydrogen-bond acceptors (Lipinski definition) is 9. The predicted molar refractivity (Wildman–Crippen MR) is 148 cm³/mol. The van der Waals surface area contributed by atoms with Crippen molar-refractivity contribution in [1.82, 2.24) is 25.0 Å². The molecule has 40 heavy (non-hydrogen) atoms. The Morgan fingerprint density at radius 2 is 1.93 bits per heavy atom. The standard InChI is InChI=1S/C29H30FN9O/c1-16-21(8-9-23(30)35-16)26(27-28(40-5)39(38-37-27)20-6-7-20)36-19-10-17(12-31)24-22(11-19)25(18(13-32)14-33-24)34-15-29(2,3)4/h8-11,14,20,26,36H,6-7,15H2,1-5H3,(H,33,34)/t26-/m0/s1. The Balaban J connectivity index is 1.67. The van der Waals surface area contributed by atoms with E-state index < -0.39 is 12.0 Å². The normalized spacial score (nSPS) is 13.9. The van der Waals surface area contributed by atoms with Crippen LogP contribution in [0, 0.1) is 40.9 Å².